The highest BCUT2D eigenvalue weighted by Gasteiger charge is 2.29. The number of fused-ring (bicyclic) bond motifs is 1. The second-order valence-electron chi connectivity index (χ2n) is 3.62. The first-order chi connectivity index (χ1) is 6.17. The Balaban J connectivity index is 0.000000396. The van der Waals surface area contributed by atoms with E-state index in [2.05, 4.69) is 12.1 Å². The molecule has 0 aliphatic heterocycles. The van der Waals surface area contributed by atoms with Crippen LogP contribution in [0.1, 0.15) is 18.1 Å². The van der Waals surface area contributed by atoms with Crippen LogP contribution in [0.25, 0.3) is 0 Å². The van der Waals surface area contributed by atoms with E-state index in [-0.39, 0.29) is 0 Å². The van der Waals surface area contributed by atoms with Crippen molar-refractivity contribution in [3.8, 4) is 0 Å². The van der Waals surface area contributed by atoms with Crippen LogP contribution >= 0.6 is 0 Å². The summed E-state index contributed by atoms with van der Waals surface area (Å²) in [5, 5.41) is 16.7. The maximum Gasteiger partial charge on any atom is 0.0700 e. The van der Waals surface area contributed by atoms with Crippen LogP contribution in [-0.2, 0) is 12.8 Å². The molecule has 13 heavy (non-hydrogen) atoms. The maximum absolute atomic E-state index is 9.72. The molecule has 0 fully saturated rings. The summed E-state index contributed by atoms with van der Waals surface area (Å²) in [6.45, 7) is 1.90. The van der Waals surface area contributed by atoms with Gasteiger partial charge in [0.05, 0.1) is 5.60 Å². The lowest BCUT2D eigenvalue weighted by Gasteiger charge is -2.13. The van der Waals surface area contributed by atoms with Crippen LogP contribution in [0.3, 0.4) is 0 Å². The van der Waals surface area contributed by atoms with Gasteiger partial charge in [-0.15, -0.1) is 0 Å². The molecule has 2 rings (SSSR count). The van der Waals surface area contributed by atoms with E-state index in [0.717, 1.165) is 20.0 Å². The molecule has 2 nitrogen and oxygen atoms in total. The number of aliphatic hydroxyl groups excluding tert-OH is 1. The molecule has 0 saturated heterocycles. The number of aliphatic hydroxyl groups is 2. The van der Waals surface area contributed by atoms with Crippen molar-refractivity contribution in [2.24, 2.45) is 0 Å². The van der Waals surface area contributed by atoms with Gasteiger partial charge in [0, 0.05) is 20.0 Å². The monoisotopic (exact) mass is 180 g/mol. The van der Waals surface area contributed by atoms with Gasteiger partial charge in [-0.25, -0.2) is 0 Å². The minimum absolute atomic E-state index is 0.496. The summed E-state index contributed by atoms with van der Waals surface area (Å²) in [7, 11) is 1.00. The van der Waals surface area contributed by atoms with Crippen molar-refractivity contribution in [3.05, 3.63) is 35.4 Å². The highest BCUT2D eigenvalue weighted by Crippen LogP contribution is 2.28. The lowest BCUT2D eigenvalue weighted by atomic mass is 10.0. The highest BCUT2D eigenvalue weighted by molar-refractivity contribution is 5.34. The highest BCUT2D eigenvalue weighted by atomic mass is 16.3. The third kappa shape index (κ3) is 2.29. The zero-order valence-corrected chi connectivity index (χ0v) is 8.12. The SMILES string of the molecule is CC1(O)Cc2ccccc2C1.CO. The Morgan fingerprint density at radius 3 is 1.85 bits per heavy atom. The molecule has 1 aliphatic rings. The van der Waals surface area contributed by atoms with E-state index in [4.69, 9.17) is 5.11 Å². The fraction of sp³-hybridized carbons (Fsp3) is 0.455. The summed E-state index contributed by atoms with van der Waals surface area (Å²) in [6, 6.07) is 8.24. The van der Waals surface area contributed by atoms with Crippen molar-refractivity contribution in [3.63, 3.8) is 0 Å². The molecule has 1 aromatic carbocycles. The Kier molecular flexibility index (Phi) is 3.07. The second-order valence-corrected chi connectivity index (χ2v) is 3.62. The molecule has 0 amide bonds. The number of hydrogen-bond donors (Lipinski definition) is 2. The summed E-state index contributed by atoms with van der Waals surface area (Å²) in [5.41, 5.74) is 2.11. The lowest BCUT2D eigenvalue weighted by molar-refractivity contribution is 0.0719. The van der Waals surface area contributed by atoms with Crippen LogP contribution in [0.5, 0.6) is 0 Å². The van der Waals surface area contributed by atoms with Crippen molar-refractivity contribution in [2.45, 2.75) is 25.4 Å². The zero-order chi connectivity index (χ0) is 9.90. The molecule has 2 N–H and O–H groups in total. The summed E-state index contributed by atoms with van der Waals surface area (Å²) < 4.78 is 0. The molecule has 72 valence electrons. The molecular weight excluding hydrogens is 164 g/mol. The van der Waals surface area contributed by atoms with Gasteiger partial charge in [-0.2, -0.15) is 0 Å². The summed E-state index contributed by atoms with van der Waals surface area (Å²) >= 11 is 0. The van der Waals surface area contributed by atoms with E-state index in [1.54, 1.807) is 0 Å². The minimum Gasteiger partial charge on any atom is -0.400 e. The van der Waals surface area contributed by atoms with Gasteiger partial charge in [0.25, 0.3) is 0 Å². The van der Waals surface area contributed by atoms with E-state index in [1.807, 2.05) is 19.1 Å². The zero-order valence-electron chi connectivity index (χ0n) is 8.12. The van der Waals surface area contributed by atoms with Gasteiger partial charge in [-0.1, -0.05) is 24.3 Å². The molecule has 0 unspecified atom stereocenters. The Labute approximate surface area is 78.8 Å². The predicted octanol–water partition coefficient (Wildman–Crippen LogP) is 1.14. The normalized spacial score (nSPS) is 17.2. The third-order valence-corrected chi connectivity index (χ3v) is 2.26. The van der Waals surface area contributed by atoms with Crippen LogP contribution < -0.4 is 0 Å². The van der Waals surface area contributed by atoms with E-state index in [0.29, 0.717) is 0 Å². The molecule has 1 aromatic rings. The third-order valence-electron chi connectivity index (χ3n) is 2.26. The summed E-state index contributed by atoms with van der Waals surface area (Å²) in [5.74, 6) is 0. The first-order valence-electron chi connectivity index (χ1n) is 4.41. The van der Waals surface area contributed by atoms with E-state index >= 15 is 0 Å². The van der Waals surface area contributed by atoms with Crippen molar-refractivity contribution in [2.75, 3.05) is 7.11 Å². The molecule has 1 aliphatic carbocycles. The van der Waals surface area contributed by atoms with Crippen molar-refractivity contribution in [1.82, 2.24) is 0 Å². The Bertz CT molecular complexity index is 252. The average Bonchev–Trinajstić information content (AvgIpc) is 2.41. The van der Waals surface area contributed by atoms with E-state index in [1.165, 1.54) is 11.1 Å². The fourth-order valence-corrected chi connectivity index (χ4v) is 1.79. The first kappa shape index (κ1) is 10.2. The van der Waals surface area contributed by atoms with Gasteiger partial charge in [0.2, 0.25) is 0 Å². The molecule has 0 saturated carbocycles. The lowest BCUT2D eigenvalue weighted by Crippen LogP contribution is -2.23. The summed E-state index contributed by atoms with van der Waals surface area (Å²) in [6.07, 6.45) is 1.62. The molecule has 0 bridgehead atoms. The Morgan fingerprint density at radius 1 is 1.08 bits per heavy atom. The molecule has 2 heteroatoms. The second kappa shape index (κ2) is 3.90. The number of benzene rings is 1. The molecule has 0 atom stereocenters. The number of hydrogen-bond acceptors (Lipinski definition) is 2. The smallest absolute Gasteiger partial charge is 0.0700 e. The van der Waals surface area contributed by atoms with Gasteiger partial charge < -0.3 is 10.2 Å². The number of rotatable bonds is 0. The molecule has 0 heterocycles. The fourth-order valence-electron chi connectivity index (χ4n) is 1.79. The Hall–Kier alpha value is -0.860. The standard InChI is InChI=1S/C10H12O.CH4O/c1-10(11)6-8-4-2-3-5-9(8)7-10;1-2/h2-5,11H,6-7H2,1H3;2H,1H3. The topological polar surface area (TPSA) is 40.5 Å². The molecule has 0 spiro atoms. The van der Waals surface area contributed by atoms with Crippen LogP contribution in [0.15, 0.2) is 24.3 Å². The Morgan fingerprint density at radius 2 is 1.46 bits per heavy atom. The van der Waals surface area contributed by atoms with Crippen LogP contribution in [0, 0.1) is 0 Å². The van der Waals surface area contributed by atoms with Crippen LogP contribution in [0.4, 0.5) is 0 Å². The maximum atomic E-state index is 9.72. The van der Waals surface area contributed by atoms with Crippen molar-refractivity contribution >= 4 is 0 Å². The quantitative estimate of drug-likeness (QED) is 0.628. The van der Waals surface area contributed by atoms with Crippen LogP contribution in [-0.4, -0.2) is 22.9 Å². The van der Waals surface area contributed by atoms with E-state index in [9.17, 15) is 5.11 Å². The minimum atomic E-state index is -0.496. The molecule has 0 aromatic heterocycles. The first-order valence-corrected chi connectivity index (χ1v) is 4.41. The predicted molar refractivity (Wildman–Crippen MR) is 52.6 cm³/mol. The van der Waals surface area contributed by atoms with Gasteiger partial charge in [-0.05, 0) is 18.1 Å². The van der Waals surface area contributed by atoms with Crippen molar-refractivity contribution in [1.29, 1.82) is 0 Å². The molecule has 0 radical (unpaired) electrons. The summed E-state index contributed by atoms with van der Waals surface area (Å²) in [4.78, 5) is 0. The largest absolute Gasteiger partial charge is 0.400 e. The van der Waals surface area contributed by atoms with Crippen molar-refractivity contribution < 1.29 is 10.2 Å². The van der Waals surface area contributed by atoms with E-state index < -0.39 is 5.60 Å². The van der Waals surface area contributed by atoms with Gasteiger partial charge >= 0.3 is 0 Å². The van der Waals surface area contributed by atoms with Crippen LogP contribution in [0.2, 0.25) is 0 Å². The van der Waals surface area contributed by atoms with Gasteiger partial charge in [-0.3, -0.25) is 0 Å². The molecular formula is C11H16O2. The van der Waals surface area contributed by atoms with Gasteiger partial charge in [0.15, 0.2) is 0 Å². The van der Waals surface area contributed by atoms with Gasteiger partial charge in [0.1, 0.15) is 0 Å². The average molecular weight is 180 g/mol.